The highest BCUT2D eigenvalue weighted by molar-refractivity contribution is 7.91. The quantitative estimate of drug-likeness (QED) is 0.430. The molecule has 1 aliphatic heterocycles. The number of hydrogen-bond acceptors (Lipinski definition) is 5. The summed E-state index contributed by atoms with van der Waals surface area (Å²) in [4.78, 5) is 15.0. The van der Waals surface area contributed by atoms with Gasteiger partial charge in [-0.1, -0.05) is 31.2 Å². The van der Waals surface area contributed by atoms with Crippen LogP contribution in [0.2, 0.25) is 0 Å². The van der Waals surface area contributed by atoms with Gasteiger partial charge in [-0.05, 0) is 66.1 Å². The molecule has 6 nitrogen and oxygen atoms in total. The topological polar surface area (TPSA) is 75.7 Å². The van der Waals surface area contributed by atoms with Crippen molar-refractivity contribution in [2.45, 2.75) is 37.1 Å². The van der Waals surface area contributed by atoms with Gasteiger partial charge in [-0.2, -0.15) is 13.2 Å². The Balaban J connectivity index is 1.37. The van der Waals surface area contributed by atoms with Crippen LogP contribution in [0.15, 0.2) is 77.7 Å². The number of nitrogens with one attached hydrogen (secondary N) is 1. The van der Waals surface area contributed by atoms with Gasteiger partial charge in [-0.15, -0.1) is 0 Å². The van der Waals surface area contributed by atoms with Crippen molar-refractivity contribution in [2.75, 3.05) is 30.3 Å². The number of ether oxygens (including phenoxy) is 1. The minimum absolute atomic E-state index is 0.0270. The molecule has 3 aromatic carbocycles. The van der Waals surface area contributed by atoms with Crippen molar-refractivity contribution in [3.63, 3.8) is 0 Å². The van der Waals surface area contributed by atoms with Crippen LogP contribution in [-0.4, -0.2) is 39.8 Å². The number of nitrogens with zero attached hydrogens (tertiary/aromatic N) is 1. The summed E-state index contributed by atoms with van der Waals surface area (Å²) >= 11 is 0. The number of carbonyl (C=O) groups is 1. The first kappa shape index (κ1) is 27.7. The van der Waals surface area contributed by atoms with Gasteiger partial charge in [0.2, 0.25) is 0 Å². The number of sulfone groups is 1. The predicted octanol–water partition coefficient (Wildman–Crippen LogP) is 5.40. The molecule has 10 heteroatoms. The van der Waals surface area contributed by atoms with E-state index in [0.29, 0.717) is 30.8 Å². The lowest BCUT2D eigenvalue weighted by molar-refractivity contribution is -0.137. The molecule has 1 amide bonds. The molecule has 0 saturated carbocycles. The van der Waals surface area contributed by atoms with E-state index < -0.39 is 21.6 Å². The minimum Gasteiger partial charge on any atom is -0.372 e. The maximum Gasteiger partial charge on any atom is 0.416 e. The maximum atomic E-state index is 12.9. The molecule has 1 fully saturated rings. The number of amides is 1. The van der Waals surface area contributed by atoms with Crippen LogP contribution in [0.25, 0.3) is 0 Å². The Kier molecular flexibility index (Phi) is 8.42. The third-order valence-corrected chi connectivity index (χ3v) is 8.25. The van der Waals surface area contributed by atoms with Crippen molar-refractivity contribution in [3.05, 3.63) is 95.1 Å². The number of alkyl halides is 3. The summed E-state index contributed by atoms with van der Waals surface area (Å²) in [7, 11) is -3.27. The molecular formula is C28H29F3N2O4S. The summed E-state index contributed by atoms with van der Waals surface area (Å²) < 4.78 is 68.5. The maximum absolute atomic E-state index is 12.9. The van der Waals surface area contributed by atoms with E-state index in [2.05, 4.69) is 10.2 Å². The molecule has 1 heterocycles. The molecule has 4 rings (SSSR count). The van der Waals surface area contributed by atoms with Gasteiger partial charge in [0.1, 0.15) is 0 Å². The average Bonchev–Trinajstić information content (AvgIpc) is 3.18. The average molecular weight is 547 g/mol. The summed E-state index contributed by atoms with van der Waals surface area (Å²) in [6.45, 7) is 3.53. The lowest BCUT2D eigenvalue weighted by atomic mass is 10.1. The van der Waals surface area contributed by atoms with E-state index in [1.165, 1.54) is 24.3 Å². The molecular weight excluding hydrogens is 517 g/mol. The minimum atomic E-state index is -4.38. The molecule has 0 radical (unpaired) electrons. The molecule has 0 spiro atoms. The van der Waals surface area contributed by atoms with Crippen LogP contribution in [0.4, 0.5) is 18.9 Å². The fourth-order valence-corrected chi connectivity index (χ4v) is 5.12. The van der Waals surface area contributed by atoms with E-state index in [-0.39, 0.29) is 29.2 Å². The molecule has 0 aliphatic carbocycles. The van der Waals surface area contributed by atoms with Crippen molar-refractivity contribution in [1.82, 2.24) is 5.32 Å². The molecule has 0 bridgehead atoms. The van der Waals surface area contributed by atoms with Crippen LogP contribution < -0.4 is 10.2 Å². The van der Waals surface area contributed by atoms with Crippen molar-refractivity contribution in [2.24, 2.45) is 0 Å². The molecule has 0 aromatic heterocycles. The Hall–Kier alpha value is -3.37. The highest BCUT2D eigenvalue weighted by Crippen LogP contribution is 2.31. The highest BCUT2D eigenvalue weighted by atomic mass is 32.2. The smallest absolute Gasteiger partial charge is 0.372 e. The molecule has 1 aliphatic rings. The lowest BCUT2D eigenvalue weighted by Gasteiger charge is -2.26. The zero-order chi connectivity index (χ0) is 27.3. The van der Waals surface area contributed by atoms with E-state index in [1.54, 1.807) is 31.2 Å². The molecule has 1 unspecified atom stereocenters. The molecule has 3 aromatic rings. The first-order chi connectivity index (χ1) is 18.1. The Morgan fingerprint density at radius 2 is 1.66 bits per heavy atom. The van der Waals surface area contributed by atoms with Crippen LogP contribution in [0.5, 0.6) is 0 Å². The second-order valence-corrected chi connectivity index (χ2v) is 11.3. The van der Waals surface area contributed by atoms with E-state index in [0.717, 1.165) is 29.8 Å². The predicted molar refractivity (Wildman–Crippen MR) is 139 cm³/mol. The SMILES string of the molecule is CCS(=O)(=O)c1ccc(CNC(=O)c2ccc(N3CCCOC(c4ccc(C(F)(F)F)cc4)C3)cc2)cc1. The zero-order valence-electron chi connectivity index (χ0n) is 20.9. The molecule has 1 atom stereocenters. The van der Waals surface area contributed by atoms with Gasteiger partial charge < -0.3 is 15.0 Å². The Bertz CT molecular complexity index is 1340. The number of hydrogen-bond donors (Lipinski definition) is 1. The standard InChI is InChI=1S/C28H29F3N2O4S/c1-2-38(35,36)25-14-4-20(5-15-25)18-32-27(34)22-8-12-24(13-9-22)33-16-3-17-37-26(19-33)21-6-10-23(11-7-21)28(29,30)31/h4-15,26H,2-3,16-19H2,1H3,(H,32,34). The van der Waals surface area contributed by atoms with E-state index in [4.69, 9.17) is 4.74 Å². The zero-order valence-corrected chi connectivity index (χ0v) is 21.7. The largest absolute Gasteiger partial charge is 0.416 e. The third kappa shape index (κ3) is 6.73. The van der Waals surface area contributed by atoms with Crippen LogP contribution in [0.3, 0.4) is 0 Å². The lowest BCUT2D eigenvalue weighted by Crippen LogP contribution is -2.28. The number of carbonyl (C=O) groups excluding carboxylic acids is 1. The molecule has 202 valence electrons. The van der Waals surface area contributed by atoms with Crippen molar-refractivity contribution in [3.8, 4) is 0 Å². The van der Waals surface area contributed by atoms with Crippen LogP contribution in [0, 0.1) is 0 Å². The van der Waals surface area contributed by atoms with Gasteiger partial charge in [-0.25, -0.2) is 8.42 Å². The number of benzene rings is 3. The van der Waals surface area contributed by atoms with Gasteiger partial charge in [0.05, 0.1) is 22.3 Å². The van der Waals surface area contributed by atoms with Gasteiger partial charge in [-0.3, -0.25) is 4.79 Å². The number of halogens is 3. The summed E-state index contributed by atoms with van der Waals surface area (Å²) in [6, 6.07) is 18.6. The molecule has 38 heavy (non-hydrogen) atoms. The first-order valence-corrected chi connectivity index (χ1v) is 14.0. The van der Waals surface area contributed by atoms with Crippen molar-refractivity contribution < 1.29 is 31.1 Å². The van der Waals surface area contributed by atoms with Gasteiger partial charge >= 0.3 is 6.18 Å². The Labute approximate surface area is 220 Å². The van der Waals surface area contributed by atoms with Crippen molar-refractivity contribution in [1.29, 1.82) is 0 Å². The summed E-state index contributed by atoms with van der Waals surface area (Å²) in [6.07, 6.45) is -4.00. The van der Waals surface area contributed by atoms with Gasteiger partial charge in [0.15, 0.2) is 9.84 Å². The highest BCUT2D eigenvalue weighted by Gasteiger charge is 2.30. The van der Waals surface area contributed by atoms with E-state index in [9.17, 15) is 26.4 Å². The number of rotatable bonds is 7. The third-order valence-electron chi connectivity index (χ3n) is 6.50. The monoisotopic (exact) mass is 546 g/mol. The van der Waals surface area contributed by atoms with E-state index in [1.807, 2.05) is 12.1 Å². The fraction of sp³-hybridized carbons (Fsp3) is 0.321. The number of anilines is 1. The van der Waals surface area contributed by atoms with Crippen LogP contribution in [0.1, 0.15) is 46.5 Å². The van der Waals surface area contributed by atoms with Crippen LogP contribution >= 0.6 is 0 Å². The second-order valence-electron chi connectivity index (χ2n) is 9.06. The summed E-state index contributed by atoms with van der Waals surface area (Å²) in [5.41, 5.74) is 2.13. The molecule has 1 saturated heterocycles. The van der Waals surface area contributed by atoms with Gasteiger partial charge in [0, 0.05) is 37.5 Å². The van der Waals surface area contributed by atoms with E-state index >= 15 is 0 Å². The first-order valence-electron chi connectivity index (χ1n) is 12.3. The molecule has 1 N–H and O–H groups in total. The summed E-state index contributed by atoms with van der Waals surface area (Å²) in [5, 5.41) is 2.84. The van der Waals surface area contributed by atoms with Crippen LogP contribution in [-0.2, 0) is 27.3 Å². The fourth-order valence-electron chi connectivity index (χ4n) is 4.24. The Morgan fingerprint density at radius 1 is 1.00 bits per heavy atom. The summed E-state index contributed by atoms with van der Waals surface area (Å²) in [5.74, 6) is -0.233. The Morgan fingerprint density at radius 3 is 2.26 bits per heavy atom. The van der Waals surface area contributed by atoms with Crippen molar-refractivity contribution >= 4 is 21.4 Å². The van der Waals surface area contributed by atoms with Gasteiger partial charge in [0.25, 0.3) is 5.91 Å². The normalized spacial score (nSPS) is 16.6. The second kappa shape index (κ2) is 11.6.